The quantitative estimate of drug-likeness (QED) is 0.204. The van der Waals surface area contributed by atoms with Crippen LogP contribution in [0.25, 0.3) is 11.7 Å². The predicted molar refractivity (Wildman–Crippen MR) is 184 cm³/mol. The number of aromatic nitrogens is 4. The highest BCUT2D eigenvalue weighted by Gasteiger charge is 2.65. The summed E-state index contributed by atoms with van der Waals surface area (Å²) in [7, 11) is 0. The van der Waals surface area contributed by atoms with E-state index in [1.54, 1.807) is 32.3 Å². The lowest BCUT2D eigenvalue weighted by Gasteiger charge is -2.67. The van der Waals surface area contributed by atoms with Crippen molar-refractivity contribution in [2.24, 2.45) is 57.2 Å². The lowest BCUT2D eigenvalue weighted by Crippen LogP contribution is -2.60. The number of ether oxygens (including phenoxy) is 1. The summed E-state index contributed by atoms with van der Waals surface area (Å²) < 4.78 is 12.3. The van der Waals surface area contributed by atoms with E-state index in [2.05, 4.69) is 54.8 Å². The Hall–Kier alpha value is -3.23. The first-order chi connectivity index (χ1) is 23.2. The second-order valence-electron chi connectivity index (χ2n) is 17.9. The molecule has 0 radical (unpaired) electrons. The molecule has 5 aliphatic rings. The summed E-state index contributed by atoms with van der Waals surface area (Å²) in [6, 6.07) is 1.76. The van der Waals surface area contributed by atoms with Crippen molar-refractivity contribution in [1.29, 1.82) is 0 Å². The molecular formula is C40H54N4O5. The van der Waals surface area contributed by atoms with Gasteiger partial charge in [-0.3, -0.25) is 9.59 Å². The molecule has 9 atom stereocenters. The summed E-state index contributed by atoms with van der Waals surface area (Å²) in [6.07, 6.45) is 13.9. The highest BCUT2D eigenvalue weighted by atomic mass is 16.5. The zero-order valence-corrected chi connectivity index (χ0v) is 30.5. The molecule has 9 unspecified atom stereocenters. The molecule has 9 nitrogen and oxygen atoms in total. The van der Waals surface area contributed by atoms with Crippen LogP contribution >= 0.6 is 0 Å². The average Bonchev–Trinajstić information content (AvgIpc) is 3.64. The molecule has 0 N–H and O–H groups in total. The summed E-state index contributed by atoms with van der Waals surface area (Å²) >= 11 is 0. The van der Waals surface area contributed by atoms with Gasteiger partial charge < -0.3 is 13.9 Å². The number of hydrogen-bond donors (Lipinski definition) is 0. The van der Waals surface area contributed by atoms with Crippen LogP contribution in [0.3, 0.4) is 0 Å². The monoisotopic (exact) mass is 670 g/mol. The van der Waals surface area contributed by atoms with E-state index in [9.17, 15) is 14.4 Å². The van der Waals surface area contributed by atoms with Gasteiger partial charge in [-0.2, -0.15) is 0 Å². The molecule has 0 aromatic carbocycles. The number of nitrogens with zero attached hydrogens (tertiary/aromatic N) is 4. The van der Waals surface area contributed by atoms with Crippen LogP contribution in [0.15, 0.2) is 34.0 Å². The van der Waals surface area contributed by atoms with Gasteiger partial charge in [0.25, 0.3) is 5.89 Å². The van der Waals surface area contributed by atoms with E-state index in [-0.39, 0.29) is 46.6 Å². The number of aldehydes is 1. The van der Waals surface area contributed by atoms with Gasteiger partial charge in [-0.05, 0) is 109 Å². The van der Waals surface area contributed by atoms with Crippen molar-refractivity contribution in [3.8, 4) is 11.7 Å². The third kappa shape index (κ3) is 5.61. The van der Waals surface area contributed by atoms with Gasteiger partial charge in [0.2, 0.25) is 11.7 Å². The Morgan fingerprint density at radius 3 is 2.43 bits per heavy atom. The molecule has 7 rings (SSSR count). The second kappa shape index (κ2) is 12.2. The van der Waals surface area contributed by atoms with Gasteiger partial charge in [-0.25, -0.2) is 9.97 Å². The molecule has 0 spiro atoms. The van der Waals surface area contributed by atoms with Gasteiger partial charge in [-0.15, -0.1) is 10.2 Å². The molecule has 5 aliphatic carbocycles. The van der Waals surface area contributed by atoms with Gasteiger partial charge in [0.1, 0.15) is 12.4 Å². The standard InChI is InChI=1S/C40H54N4O5/c1-23(2)33-28(46)19-40(20-31-43-44-36(49-31)35-41-17-8-18-42-35)16-12-27-25(34(33)40)9-10-30-38(6)15-13-29(48-32(47)21-37(4,5)22-45)24(3)26(38)11-14-39(27,30)7/h8,17-18,22-27,29-30H,9-16,19-21H2,1-7H3. The Kier molecular flexibility index (Phi) is 8.54. The molecule has 9 heteroatoms. The molecular weight excluding hydrogens is 616 g/mol. The summed E-state index contributed by atoms with van der Waals surface area (Å²) in [5, 5.41) is 8.74. The first kappa shape index (κ1) is 34.2. The summed E-state index contributed by atoms with van der Waals surface area (Å²) in [5.74, 6) is 3.80. The van der Waals surface area contributed by atoms with Crippen molar-refractivity contribution in [2.45, 2.75) is 125 Å². The fourth-order valence-electron chi connectivity index (χ4n) is 12.1. The molecule has 4 fully saturated rings. The molecule has 264 valence electrons. The van der Waals surface area contributed by atoms with Crippen molar-refractivity contribution < 1.29 is 23.5 Å². The van der Waals surface area contributed by atoms with Gasteiger partial charge in [-0.1, -0.05) is 54.0 Å². The summed E-state index contributed by atoms with van der Waals surface area (Å²) in [6.45, 7) is 15.4. The highest BCUT2D eigenvalue weighted by molar-refractivity contribution is 6.00. The largest absolute Gasteiger partial charge is 0.462 e. The van der Waals surface area contributed by atoms with Gasteiger partial charge in [0.05, 0.1) is 6.42 Å². The maximum atomic E-state index is 13.9. The number of Topliss-reactive ketones (excluding diaryl/α,β-unsaturated/α-hetero) is 1. The van der Waals surface area contributed by atoms with Crippen molar-refractivity contribution >= 4 is 18.0 Å². The van der Waals surface area contributed by atoms with Crippen LogP contribution in [-0.4, -0.2) is 44.3 Å². The minimum absolute atomic E-state index is 0.0917. The van der Waals surface area contributed by atoms with Crippen LogP contribution < -0.4 is 0 Å². The van der Waals surface area contributed by atoms with Crippen molar-refractivity contribution in [3.05, 3.63) is 35.5 Å². The maximum absolute atomic E-state index is 13.9. The van der Waals surface area contributed by atoms with Crippen LogP contribution in [0, 0.1) is 57.2 Å². The molecule has 2 aromatic rings. The van der Waals surface area contributed by atoms with Crippen LogP contribution in [0.5, 0.6) is 0 Å². The van der Waals surface area contributed by atoms with Crippen molar-refractivity contribution in [1.82, 2.24) is 20.2 Å². The van der Waals surface area contributed by atoms with Gasteiger partial charge >= 0.3 is 5.97 Å². The van der Waals surface area contributed by atoms with E-state index >= 15 is 0 Å². The fourth-order valence-corrected chi connectivity index (χ4v) is 12.1. The SMILES string of the molecule is CC(C)C1=C2C3CCC4C(C)(CCC5C(C)C(OC(=O)CC(C)(C)C=O)CCC54C)C3CCC2(Cc2nnc(-c3ncccn3)o2)CC1=O. The lowest BCUT2D eigenvalue weighted by molar-refractivity contribution is -0.191. The zero-order chi connectivity index (χ0) is 34.9. The van der Waals surface area contributed by atoms with Gasteiger partial charge in [0.15, 0.2) is 5.78 Å². The Morgan fingerprint density at radius 2 is 1.71 bits per heavy atom. The summed E-state index contributed by atoms with van der Waals surface area (Å²) in [5.41, 5.74) is 1.85. The van der Waals surface area contributed by atoms with Crippen LogP contribution in [-0.2, 0) is 25.5 Å². The third-order valence-corrected chi connectivity index (χ3v) is 14.2. The van der Waals surface area contributed by atoms with E-state index in [1.165, 1.54) is 5.57 Å². The first-order valence-electron chi connectivity index (χ1n) is 18.7. The Labute approximate surface area is 290 Å². The number of fused-ring (bicyclic) bond motifs is 7. The maximum Gasteiger partial charge on any atom is 0.307 e. The highest BCUT2D eigenvalue weighted by Crippen LogP contribution is 2.72. The minimum atomic E-state index is -0.702. The van der Waals surface area contributed by atoms with E-state index in [0.29, 0.717) is 59.9 Å². The minimum Gasteiger partial charge on any atom is -0.462 e. The molecule has 2 heterocycles. The first-order valence-corrected chi connectivity index (χ1v) is 18.7. The van der Waals surface area contributed by atoms with Crippen molar-refractivity contribution in [3.63, 3.8) is 0 Å². The number of ketones is 1. The number of carbonyl (C=O) groups is 3. The molecule has 4 saturated carbocycles. The van der Waals surface area contributed by atoms with E-state index in [0.717, 1.165) is 63.2 Å². The van der Waals surface area contributed by atoms with E-state index in [1.807, 2.05) is 0 Å². The summed E-state index contributed by atoms with van der Waals surface area (Å²) in [4.78, 5) is 46.8. The Balaban J connectivity index is 1.14. The molecule has 0 aliphatic heterocycles. The smallest absolute Gasteiger partial charge is 0.307 e. The molecule has 2 aromatic heterocycles. The van der Waals surface area contributed by atoms with Crippen LogP contribution in [0.1, 0.15) is 119 Å². The Morgan fingerprint density at radius 1 is 1.02 bits per heavy atom. The third-order valence-electron chi connectivity index (χ3n) is 14.2. The number of carbonyl (C=O) groups excluding carboxylic acids is 3. The topological polar surface area (TPSA) is 125 Å². The molecule has 49 heavy (non-hydrogen) atoms. The zero-order valence-electron chi connectivity index (χ0n) is 30.5. The number of hydrogen-bond acceptors (Lipinski definition) is 9. The fraction of sp³-hybridized carbons (Fsp3) is 0.725. The van der Waals surface area contributed by atoms with E-state index in [4.69, 9.17) is 9.15 Å². The Bertz CT molecular complexity index is 1650. The molecule has 0 amide bonds. The van der Waals surface area contributed by atoms with Crippen molar-refractivity contribution in [2.75, 3.05) is 0 Å². The molecule has 0 saturated heterocycles. The van der Waals surface area contributed by atoms with Crippen LogP contribution in [0.4, 0.5) is 0 Å². The van der Waals surface area contributed by atoms with Crippen LogP contribution in [0.2, 0.25) is 0 Å². The molecule has 0 bridgehead atoms. The number of esters is 1. The second-order valence-corrected chi connectivity index (χ2v) is 17.9. The normalized spacial score (nSPS) is 37.3. The number of rotatable bonds is 8. The van der Waals surface area contributed by atoms with E-state index < -0.39 is 5.41 Å². The predicted octanol–water partition coefficient (Wildman–Crippen LogP) is 7.80. The number of allylic oxidation sites excluding steroid dienone is 2. The van der Waals surface area contributed by atoms with Gasteiger partial charge in [0, 0.05) is 36.1 Å². The lowest BCUT2D eigenvalue weighted by atomic mass is 9.38. The average molecular weight is 671 g/mol.